The van der Waals surface area contributed by atoms with Gasteiger partial charge in [-0.25, -0.2) is 0 Å². The van der Waals surface area contributed by atoms with E-state index in [2.05, 4.69) is 13.8 Å². The number of aldehydes is 2. The van der Waals surface area contributed by atoms with E-state index in [1.54, 1.807) is 0 Å². The molecule has 3 heteroatoms. The van der Waals surface area contributed by atoms with Crippen LogP contribution in [0, 0.1) is 0 Å². The SMILES string of the molecule is CCCCc1sc(C=O)c(C=O)c1CCCC. The average Bonchev–Trinajstić information content (AvgIpc) is 2.70. The van der Waals surface area contributed by atoms with Crippen LogP contribution < -0.4 is 0 Å². The summed E-state index contributed by atoms with van der Waals surface area (Å²) < 4.78 is 0. The molecule has 2 nitrogen and oxygen atoms in total. The van der Waals surface area contributed by atoms with Crippen molar-refractivity contribution in [3.8, 4) is 0 Å². The molecule has 94 valence electrons. The van der Waals surface area contributed by atoms with Crippen LogP contribution in [0.5, 0.6) is 0 Å². The Balaban J connectivity index is 3.03. The second kappa shape index (κ2) is 7.38. The molecule has 1 aromatic rings. The first-order valence-corrected chi connectivity index (χ1v) is 7.14. The number of carbonyl (C=O) groups excluding carboxylic acids is 2. The van der Waals surface area contributed by atoms with E-state index in [4.69, 9.17) is 0 Å². The summed E-state index contributed by atoms with van der Waals surface area (Å²) in [7, 11) is 0. The van der Waals surface area contributed by atoms with Gasteiger partial charge in [-0.15, -0.1) is 11.3 Å². The number of carbonyl (C=O) groups is 2. The highest BCUT2D eigenvalue weighted by molar-refractivity contribution is 7.14. The van der Waals surface area contributed by atoms with Crippen molar-refractivity contribution >= 4 is 23.9 Å². The first kappa shape index (κ1) is 14.1. The van der Waals surface area contributed by atoms with Crippen molar-refractivity contribution < 1.29 is 9.59 Å². The van der Waals surface area contributed by atoms with E-state index in [-0.39, 0.29) is 0 Å². The van der Waals surface area contributed by atoms with Crippen LogP contribution in [0.25, 0.3) is 0 Å². The van der Waals surface area contributed by atoms with Crippen LogP contribution in [0.3, 0.4) is 0 Å². The first-order chi connectivity index (χ1) is 8.28. The molecule has 0 spiro atoms. The predicted octanol–water partition coefficient (Wildman–Crippen LogP) is 4.06. The van der Waals surface area contributed by atoms with Gasteiger partial charge in [-0.1, -0.05) is 26.7 Å². The molecule has 1 heterocycles. The summed E-state index contributed by atoms with van der Waals surface area (Å²) in [6.07, 6.45) is 8.03. The summed E-state index contributed by atoms with van der Waals surface area (Å²) in [6.45, 7) is 4.29. The molecule has 0 aliphatic rings. The van der Waals surface area contributed by atoms with Crippen LogP contribution in [0.1, 0.15) is 70.0 Å². The zero-order valence-corrected chi connectivity index (χ0v) is 11.4. The van der Waals surface area contributed by atoms with Gasteiger partial charge in [0.15, 0.2) is 12.6 Å². The Hall–Kier alpha value is -0.960. The highest BCUT2D eigenvalue weighted by atomic mass is 32.1. The number of hydrogen-bond donors (Lipinski definition) is 0. The van der Waals surface area contributed by atoms with Gasteiger partial charge in [0.25, 0.3) is 0 Å². The summed E-state index contributed by atoms with van der Waals surface area (Å²) in [5.41, 5.74) is 1.77. The predicted molar refractivity (Wildman–Crippen MR) is 72.3 cm³/mol. The molecule has 0 radical (unpaired) electrons. The van der Waals surface area contributed by atoms with Gasteiger partial charge in [0.1, 0.15) is 0 Å². The minimum atomic E-state index is 0.609. The standard InChI is InChI=1S/C14H20O2S/c1-3-5-7-11-12(9-15)14(10-16)17-13(11)8-6-4-2/h9-10H,3-8H2,1-2H3. The monoisotopic (exact) mass is 252 g/mol. The topological polar surface area (TPSA) is 34.1 Å². The summed E-state index contributed by atoms with van der Waals surface area (Å²) in [4.78, 5) is 23.9. The second-order valence-electron chi connectivity index (χ2n) is 4.22. The lowest BCUT2D eigenvalue weighted by Gasteiger charge is -2.03. The molecule has 1 aromatic heterocycles. The summed E-state index contributed by atoms with van der Waals surface area (Å²) >= 11 is 1.50. The third-order valence-electron chi connectivity index (χ3n) is 2.92. The Morgan fingerprint density at radius 3 is 2.18 bits per heavy atom. The first-order valence-electron chi connectivity index (χ1n) is 6.33. The molecule has 0 fully saturated rings. The van der Waals surface area contributed by atoms with Crippen LogP contribution in [0.2, 0.25) is 0 Å². The van der Waals surface area contributed by atoms with E-state index < -0.39 is 0 Å². The molecule has 0 bridgehead atoms. The lowest BCUT2D eigenvalue weighted by Crippen LogP contribution is -1.95. The van der Waals surface area contributed by atoms with Crippen molar-refractivity contribution in [3.05, 3.63) is 20.9 Å². The van der Waals surface area contributed by atoms with E-state index in [1.807, 2.05) is 0 Å². The quantitative estimate of drug-likeness (QED) is 0.654. The lowest BCUT2D eigenvalue weighted by molar-refractivity contribution is 0.109. The Labute approximate surface area is 107 Å². The summed E-state index contributed by atoms with van der Waals surface area (Å²) in [5, 5.41) is 0. The molecule has 0 unspecified atom stereocenters. The molecule has 0 atom stereocenters. The van der Waals surface area contributed by atoms with Crippen LogP contribution in [0.15, 0.2) is 0 Å². The minimum absolute atomic E-state index is 0.609. The van der Waals surface area contributed by atoms with Crippen molar-refractivity contribution in [1.82, 2.24) is 0 Å². The molecule has 0 N–H and O–H groups in total. The van der Waals surface area contributed by atoms with Crippen LogP contribution in [0.4, 0.5) is 0 Å². The van der Waals surface area contributed by atoms with Crippen LogP contribution in [-0.2, 0) is 12.8 Å². The molecule has 0 aromatic carbocycles. The maximum absolute atomic E-state index is 11.1. The lowest BCUT2D eigenvalue weighted by atomic mass is 10.0. The molecule has 0 saturated carbocycles. The Bertz CT molecular complexity index is 380. The molecule has 0 saturated heterocycles. The largest absolute Gasteiger partial charge is 0.298 e. The van der Waals surface area contributed by atoms with Crippen LogP contribution in [-0.4, -0.2) is 12.6 Å². The third kappa shape index (κ3) is 3.50. The van der Waals surface area contributed by atoms with Gasteiger partial charge < -0.3 is 0 Å². The van der Waals surface area contributed by atoms with Crippen molar-refractivity contribution in [2.24, 2.45) is 0 Å². The molecular formula is C14H20O2S. The zero-order chi connectivity index (χ0) is 12.7. The van der Waals surface area contributed by atoms with Gasteiger partial charge in [0.2, 0.25) is 0 Å². The van der Waals surface area contributed by atoms with E-state index >= 15 is 0 Å². The van der Waals surface area contributed by atoms with Gasteiger partial charge in [-0.2, -0.15) is 0 Å². The van der Waals surface area contributed by atoms with Crippen molar-refractivity contribution in [2.75, 3.05) is 0 Å². The summed E-state index contributed by atoms with van der Waals surface area (Å²) in [6, 6.07) is 0. The summed E-state index contributed by atoms with van der Waals surface area (Å²) in [5.74, 6) is 0. The van der Waals surface area contributed by atoms with E-state index in [0.29, 0.717) is 10.4 Å². The fourth-order valence-corrected chi connectivity index (χ4v) is 3.11. The van der Waals surface area contributed by atoms with E-state index in [9.17, 15) is 9.59 Å². The van der Waals surface area contributed by atoms with Gasteiger partial charge >= 0.3 is 0 Å². The van der Waals surface area contributed by atoms with Gasteiger partial charge in [-0.3, -0.25) is 9.59 Å². The van der Waals surface area contributed by atoms with Crippen molar-refractivity contribution in [1.29, 1.82) is 0 Å². The Morgan fingerprint density at radius 2 is 1.65 bits per heavy atom. The van der Waals surface area contributed by atoms with Gasteiger partial charge in [0, 0.05) is 10.4 Å². The molecule has 17 heavy (non-hydrogen) atoms. The number of hydrogen-bond acceptors (Lipinski definition) is 3. The second-order valence-corrected chi connectivity index (χ2v) is 5.36. The molecule has 0 aliphatic heterocycles. The minimum Gasteiger partial charge on any atom is -0.298 e. The fourth-order valence-electron chi connectivity index (χ4n) is 1.93. The third-order valence-corrected chi connectivity index (χ3v) is 4.16. The smallest absolute Gasteiger partial charge is 0.160 e. The molecule has 1 rings (SSSR count). The van der Waals surface area contributed by atoms with E-state index in [0.717, 1.165) is 56.7 Å². The normalized spacial score (nSPS) is 10.5. The zero-order valence-electron chi connectivity index (χ0n) is 10.6. The number of aryl methyl sites for hydroxylation is 1. The van der Waals surface area contributed by atoms with Gasteiger partial charge in [0.05, 0.1) is 4.88 Å². The fraction of sp³-hybridized carbons (Fsp3) is 0.571. The van der Waals surface area contributed by atoms with Crippen molar-refractivity contribution in [3.63, 3.8) is 0 Å². The van der Waals surface area contributed by atoms with Crippen molar-refractivity contribution in [2.45, 2.75) is 52.4 Å². The Morgan fingerprint density at radius 1 is 1.00 bits per heavy atom. The van der Waals surface area contributed by atoms with E-state index in [1.165, 1.54) is 16.2 Å². The molecule has 0 amide bonds. The maximum atomic E-state index is 11.1. The highest BCUT2D eigenvalue weighted by Crippen LogP contribution is 2.29. The molecular weight excluding hydrogens is 232 g/mol. The highest BCUT2D eigenvalue weighted by Gasteiger charge is 2.16. The number of thiophene rings is 1. The average molecular weight is 252 g/mol. The molecule has 0 aliphatic carbocycles. The van der Waals surface area contributed by atoms with Crippen LogP contribution >= 0.6 is 11.3 Å². The number of unbranched alkanes of at least 4 members (excludes halogenated alkanes) is 2. The number of rotatable bonds is 8. The maximum Gasteiger partial charge on any atom is 0.160 e. The van der Waals surface area contributed by atoms with Gasteiger partial charge in [-0.05, 0) is 31.2 Å². The Kier molecular flexibility index (Phi) is 6.12.